The van der Waals surface area contributed by atoms with Crippen LogP contribution in [0.2, 0.25) is 0 Å². The van der Waals surface area contributed by atoms with Crippen LogP contribution in [-0.2, 0) is 10.2 Å². The molecule has 1 saturated carbocycles. The van der Waals surface area contributed by atoms with Gasteiger partial charge in [0.2, 0.25) is 0 Å². The number of rotatable bonds is 1. The third kappa shape index (κ3) is 1.40. The van der Waals surface area contributed by atoms with Gasteiger partial charge in [-0.2, -0.15) is 5.26 Å². The van der Waals surface area contributed by atoms with Crippen molar-refractivity contribution in [1.82, 2.24) is 0 Å². The molecule has 2 aliphatic rings. The molecule has 1 aliphatic carbocycles. The van der Waals surface area contributed by atoms with Crippen LogP contribution in [0.15, 0.2) is 18.2 Å². The van der Waals surface area contributed by atoms with Crippen LogP contribution < -0.4 is 10.1 Å². The van der Waals surface area contributed by atoms with E-state index in [0.717, 1.165) is 12.0 Å². The van der Waals surface area contributed by atoms with Gasteiger partial charge >= 0.3 is 0 Å². The van der Waals surface area contributed by atoms with E-state index in [1.807, 2.05) is 18.2 Å². The Morgan fingerprint density at radius 1 is 1.50 bits per heavy atom. The summed E-state index contributed by atoms with van der Waals surface area (Å²) in [6.45, 7) is 3.78. The van der Waals surface area contributed by atoms with Crippen LogP contribution in [-0.4, -0.2) is 12.0 Å². The summed E-state index contributed by atoms with van der Waals surface area (Å²) in [5.74, 6) is 0.904. The zero-order valence-corrected chi connectivity index (χ0v) is 10.4. The Morgan fingerprint density at radius 2 is 2.22 bits per heavy atom. The number of nitrogens with zero attached hydrogens (tertiary/aromatic N) is 1. The fraction of sp³-hybridized carbons (Fsp3) is 0.429. The first-order valence-electron chi connectivity index (χ1n) is 6.10. The molecule has 1 fully saturated rings. The molecule has 0 aromatic heterocycles. The SMILES string of the molecule is CC1Oc2ccc(C3(C#N)CC3C)cc2NC1=O. The fourth-order valence-corrected chi connectivity index (χ4v) is 2.53. The highest BCUT2D eigenvalue weighted by Gasteiger charge is 2.53. The monoisotopic (exact) mass is 242 g/mol. The number of carbonyl (C=O) groups is 1. The number of benzene rings is 1. The lowest BCUT2D eigenvalue weighted by Gasteiger charge is -2.24. The zero-order valence-electron chi connectivity index (χ0n) is 10.4. The van der Waals surface area contributed by atoms with E-state index >= 15 is 0 Å². The van der Waals surface area contributed by atoms with E-state index in [9.17, 15) is 10.1 Å². The summed E-state index contributed by atoms with van der Waals surface area (Å²) < 4.78 is 5.50. The number of hydrogen-bond acceptors (Lipinski definition) is 3. The van der Waals surface area contributed by atoms with Gasteiger partial charge in [-0.25, -0.2) is 0 Å². The third-order valence-corrected chi connectivity index (χ3v) is 3.93. The maximum atomic E-state index is 11.6. The van der Waals surface area contributed by atoms with Gasteiger partial charge in [0.1, 0.15) is 5.75 Å². The number of anilines is 1. The molecule has 3 atom stereocenters. The summed E-state index contributed by atoms with van der Waals surface area (Å²) >= 11 is 0. The largest absolute Gasteiger partial charge is 0.479 e. The van der Waals surface area contributed by atoms with Gasteiger partial charge in [0, 0.05) is 0 Å². The molecule has 0 saturated heterocycles. The molecule has 1 N–H and O–H groups in total. The summed E-state index contributed by atoms with van der Waals surface area (Å²) in [6, 6.07) is 8.02. The number of hydrogen-bond donors (Lipinski definition) is 1. The van der Waals surface area contributed by atoms with Gasteiger partial charge in [0.15, 0.2) is 6.10 Å². The summed E-state index contributed by atoms with van der Waals surface area (Å²) in [5.41, 5.74) is 1.27. The topological polar surface area (TPSA) is 62.1 Å². The van der Waals surface area contributed by atoms with Crippen molar-refractivity contribution in [2.45, 2.75) is 31.8 Å². The number of ether oxygens (including phenoxy) is 1. The van der Waals surface area contributed by atoms with Crippen LogP contribution >= 0.6 is 0 Å². The molecule has 3 rings (SSSR count). The standard InChI is InChI=1S/C14H14N2O2/c1-8-6-14(8,7-15)10-3-4-12-11(5-10)16-13(17)9(2)18-12/h3-5,8-9H,6H2,1-2H3,(H,16,17). The number of carbonyl (C=O) groups excluding carboxylic acids is 1. The van der Waals surface area contributed by atoms with Crippen LogP contribution in [0.3, 0.4) is 0 Å². The van der Waals surface area contributed by atoms with E-state index in [0.29, 0.717) is 17.4 Å². The van der Waals surface area contributed by atoms with Crippen molar-refractivity contribution in [3.8, 4) is 11.8 Å². The smallest absolute Gasteiger partial charge is 0.265 e. The Morgan fingerprint density at radius 3 is 2.83 bits per heavy atom. The van der Waals surface area contributed by atoms with Crippen LogP contribution in [0.1, 0.15) is 25.8 Å². The second kappa shape index (κ2) is 3.49. The van der Waals surface area contributed by atoms with Gasteiger partial charge < -0.3 is 10.1 Å². The minimum absolute atomic E-state index is 0.144. The zero-order chi connectivity index (χ0) is 12.9. The lowest BCUT2D eigenvalue weighted by Crippen LogP contribution is -2.34. The molecule has 4 heteroatoms. The molecule has 1 amide bonds. The maximum Gasteiger partial charge on any atom is 0.265 e. The molecule has 1 aromatic carbocycles. The predicted octanol–water partition coefficient (Wildman–Crippen LogP) is 2.21. The maximum absolute atomic E-state index is 11.6. The predicted molar refractivity (Wildman–Crippen MR) is 66.2 cm³/mol. The molecule has 1 aliphatic heterocycles. The van der Waals surface area contributed by atoms with Crippen LogP contribution in [0, 0.1) is 17.2 Å². The first-order valence-corrected chi connectivity index (χ1v) is 6.10. The van der Waals surface area contributed by atoms with Gasteiger partial charge in [-0.1, -0.05) is 13.0 Å². The van der Waals surface area contributed by atoms with Crippen LogP contribution in [0.5, 0.6) is 5.75 Å². The van der Waals surface area contributed by atoms with E-state index in [4.69, 9.17) is 4.74 Å². The van der Waals surface area contributed by atoms with Crippen LogP contribution in [0.4, 0.5) is 5.69 Å². The Kier molecular flexibility index (Phi) is 2.15. The third-order valence-electron chi connectivity index (χ3n) is 3.93. The quantitative estimate of drug-likeness (QED) is 0.821. The normalized spacial score (nSPS) is 32.8. The van der Waals surface area contributed by atoms with Gasteiger partial charge in [0.25, 0.3) is 5.91 Å². The van der Waals surface area contributed by atoms with Gasteiger partial charge in [0.05, 0.1) is 17.2 Å². The lowest BCUT2D eigenvalue weighted by molar-refractivity contribution is -0.122. The number of fused-ring (bicyclic) bond motifs is 1. The summed E-state index contributed by atoms with van der Waals surface area (Å²) in [6.07, 6.45) is 0.418. The Bertz CT molecular complexity index is 576. The van der Waals surface area contributed by atoms with E-state index < -0.39 is 6.10 Å². The van der Waals surface area contributed by atoms with Crippen molar-refractivity contribution in [3.05, 3.63) is 23.8 Å². The van der Waals surface area contributed by atoms with Crippen molar-refractivity contribution in [3.63, 3.8) is 0 Å². The lowest BCUT2D eigenvalue weighted by atomic mass is 9.94. The first kappa shape index (κ1) is 11.1. The second-order valence-corrected chi connectivity index (χ2v) is 5.15. The van der Waals surface area contributed by atoms with Gasteiger partial charge in [-0.3, -0.25) is 4.79 Å². The summed E-state index contributed by atoms with van der Waals surface area (Å²) in [4.78, 5) is 11.6. The molecule has 4 nitrogen and oxygen atoms in total. The number of amides is 1. The molecule has 1 heterocycles. The molecule has 3 unspecified atom stereocenters. The van der Waals surface area contributed by atoms with Crippen molar-refractivity contribution in [1.29, 1.82) is 5.26 Å². The molecular formula is C14H14N2O2. The summed E-state index contributed by atoms with van der Waals surface area (Å²) in [7, 11) is 0. The molecule has 0 radical (unpaired) electrons. The van der Waals surface area contributed by atoms with Crippen molar-refractivity contribution in [2.75, 3.05) is 5.32 Å². The molecular weight excluding hydrogens is 228 g/mol. The molecule has 18 heavy (non-hydrogen) atoms. The van der Waals surface area contributed by atoms with Gasteiger partial charge in [-0.05, 0) is 37.0 Å². The van der Waals surface area contributed by atoms with E-state index in [-0.39, 0.29) is 11.3 Å². The average molecular weight is 242 g/mol. The van der Waals surface area contributed by atoms with E-state index in [2.05, 4.69) is 18.3 Å². The van der Waals surface area contributed by atoms with E-state index in [1.165, 1.54) is 0 Å². The summed E-state index contributed by atoms with van der Waals surface area (Å²) in [5, 5.41) is 12.1. The van der Waals surface area contributed by atoms with E-state index in [1.54, 1.807) is 6.92 Å². The highest BCUT2D eigenvalue weighted by Crippen LogP contribution is 2.54. The highest BCUT2D eigenvalue weighted by molar-refractivity contribution is 5.97. The minimum atomic E-state index is -0.465. The van der Waals surface area contributed by atoms with Crippen molar-refractivity contribution in [2.24, 2.45) is 5.92 Å². The van der Waals surface area contributed by atoms with Crippen LogP contribution in [0.25, 0.3) is 0 Å². The van der Waals surface area contributed by atoms with Gasteiger partial charge in [-0.15, -0.1) is 0 Å². The first-order chi connectivity index (χ1) is 8.56. The minimum Gasteiger partial charge on any atom is -0.479 e. The highest BCUT2D eigenvalue weighted by atomic mass is 16.5. The van der Waals surface area contributed by atoms with Crippen molar-refractivity contribution < 1.29 is 9.53 Å². The Hall–Kier alpha value is -2.02. The Balaban J connectivity index is 2.00. The van der Waals surface area contributed by atoms with Crippen molar-refractivity contribution >= 4 is 11.6 Å². The number of nitriles is 1. The fourth-order valence-electron chi connectivity index (χ4n) is 2.53. The molecule has 92 valence electrons. The number of nitrogens with one attached hydrogen (secondary N) is 1. The second-order valence-electron chi connectivity index (χ2n) is 5.15. The Labute approximate surface area is 106 Å². The molecule has 1 aromatic rings. The molecule has 0 spiro atoms. The average Bonchev–Trinajstić information content (AvgIpc) is 3.02. The molecule has 0 bridgehead atoms.